The van der Waals surface area contributed by atoms with Crippen LogP contribution in [0.4, 0.5) is 0 Å². The predicted octanol–water partition coefficient (Wildman–Crippen LogP) is 4.55. The summed E-state index contributed by atoms with van der Waals surface area (Å²) in [5, 5.41) is 1.93. The van der Waals surface area contributed by atoms with Gasteiger partial charge in [0.25, 0.3) is 0 Å². The molecule has 1 aromatic rings. The number of aryl methyl sites for hydroxylation is 2. The van der Waals surface area contributed by atoms with Crippen LogP contribution in [0.5, 0.6) is 0 Å². The Morgan fingerprint density at radius 1 is 1.11 bits per heavy atom. The van der Waals surface area contributed by atoms with E-state index in [0.29, 0.717) is 11.3 Å². The lowest BCUT2D eigenvalue weighted by Gasteiger charge is -2.28. The van der Waals surface area contributed by atoms with Crippen LogP contribution in [0.2, 0.25) is 0 Å². The van der Waals surface area contributed by atoms with E-state index in [1.54, 1.807) is 11.8 Å². The highest BCUT2D eigenvalue weighted by molar-refractivity contribution is 9.09. The lowest BCUT2D eigenvalue weighted by molar-refractivity contribution is 0.295. The third-order valence-corrected chi connectivity index (χ3v) is 5.23. The molecular weight excluding hydrogens is 308 g/mol. The summed E-state index contributed by atoms with van der Waals surface area (Å²) in [5.74, 6) is 1.67. The van der Waals surface area contributed by atoms with E-state index >= 15 is 0 Å². The number of thioether (sulfide) groups is 1. The molecule has 0 aliphatic rings. The number of nitrogens with zero attached hydrogens (tertiary/aromatic N) is 2. The fraction of sp³-hybridized carbons (Fsp3) is 0.714. The van der Waals surface area contributed by atoms with E-state index in [-0.39, 0.29) is 0 Å². The highest BCUT2D eigenvalue weighted by Gasteiger charge is 2.24. The van der Waals surface area contributed by atoms with E-state index in [4.69, 9.17) is 0 Å². The molecule has 102 valence electrons. The Balaban J connectivity index is 2.75. The van der Waals surface area contributed by atoms with Crippen molar-refractivity contribution in [3.63, 3.8) is 0 Å². The zero-order chi connectivity index (χ0) is 13.9. The van der Waals surface area contributed by atoms with Crippen LogP contribution in [0.25, 0.3) is 0 Å². The maximum absolute atomic E-state index is 4.56. The van der Waals surface area contributed by atoms with Crippen molar-refractivity contribution in [1.82, 2.24) is 9.97 Å². The first-order valence-electron chi connectivity index (χ1n) is 6.26. The maximum Gasteiger partial charge on any atom is 0.188 e. The summed E-state index contributed by atoms with van der Waals surface area (Å²) in [6.45, 7) is 13.0. The van der Waals surface area contributed by atoms with Gasteiger partial charge in [0.1, 0.15) is 0 Å². The van der Waals surface area contributed by atoms with Crippen molar-refractivity contribution in [2.75, 3.05) is 11.1 Å². The van der Waals surface area contributed by atoms with Gasteiger partial charge in [-0.15, -0.1) is 0 Å². The Morgan fingerprint density at radius 3 is 2.00 bits per heavy atom. The summed E-state index contributed by atoms with van der Waals surface area (Å²) in [6, 6.07) is 0. The minimum atomic E-state index is 0.311. The average molecular weight is 331 g/mol. The molecule has 4 heteroatoms. The Bertz CT molecular complexity index is 390. The van der Waals surface area contributed by atoms with Gasteiger partial charge in [0, 0.05) is 22.5 Å². The summed E-state index contributed by atoms with van der Waals surface area (Å²) in [5.41, 5.74) is 3.70. The van der Waals surface area contributed by atoms with Gasteiger partial charge >= 0.3 is 0 Å². The van der Waals surface area contributed by atoms with Gasteiger partial charge < -0.3 is 0 Å². The smallest absolute Gasteiger partial charge is 0.188 e. The van der Waals surface area contributed by atoms with Gasteiger partial charge in [-0.3, -0.25) is 0 Å². The summed E-state index contributed by atoms with van der Waals surface area (Å²) in [7, 11) is 0. The van der Waals surface area contributed by atoms with Gasteiger partial charge in [-0.2, -0.15) is 0 Å². The summed E-state index contributed by atoms with van der Waals surface area (Å²) in [6.07, 6.45) is 0. The van der Waals surface area contributed by atoms with E-state index in [2.05, 4.69) is 67.4 Å². The van der Waals surface area contributed by atoms with E-state index in [1.165, 1.54) is 5.56 Å². The molecule has 0 aliphatic heterocycles. The highest BCUT2D eigenvalue weighted by Crippen LogP contribution is 2.32. The minimum absolute atomic E-state index is 0.311. The van der Waals surface area contributed by atoms with Crippen LogP contribution in [0.3, 0.4) is 0 Å². The van der Waals surface area contributed by atoms with Crippen LogP contribution >= 0.6 is 27.7 Å². The van der Waals surface area contributed by atoms with Crippen molar-refractivity contribution < 1.29 is 0 Å². The molecule has 0 fully saturated rings. The van der Waals surface area contributed by atoms with Crippen LogP contribution in [0, 0.1) is 32.1 Å². The molecule has 1 rings (SSSR count). The second kappa shape index (κ2) is 6.38. The maximum atomic E-state index is 4.56. The molecule has 1 heterocycles. The van der Waals surface area contributed by atoms with Crippen molar-refractivity contribution >= 4 is 27.7 Å². The number of halogens is 1. The molecular formula is C14H23BrN2S. The third-order valence-electron chi connectivity index (χ3n) is 3.44. The Morgan fingerprint density at radius 2 is 1.61 bits per heavy atom. The number of rotatable bonds is 4. The molecule has 2 nitrogen and oxygen atoms in total. The first kappa shape index (κ1) is 16.0. The van der Waals surface area contributed by atoms with Crippen LogP contribution in [0.15, 0.2) is 5.16 Å². The number of hydrogen-bond donors (Lipinski definition) is 0. The number of alkyl halides is 1. The molecule has 0 radical (unpaired) electrons. The van der Waals surface area contributed by atoms with Gasteiger partial charge in [0.05, 0.1) is 0 Å². The van der Waals surface area contributed by atoms with Gasteiger partial charge in [-0.25, -0.2) is 9.97 Å². The first-order chi connectivity index (χ1) is 8.25. The van der Waals surface area contributed by atoms with Crippen LogP contribution in [-0.2, 0) is 0 Å². The zero-order valence-electron chi connectivity index (χ0n) is 12.2. The average Bonchev–Trinajstić information content (AvgIpc) is 2.24. The molecule has 0 amide bonds. The van der Waals surface area contributed by atoms with Crippen LogP contribution < -0.4 is 0 Å². The summed E-state index contributed by atoms with van der Waals surface area (Å²) in [4.78, 5) is 9.12. The molecule has 1 unspecified atom stereocenters. The molecule has 1 atom stereocenters. The zero-order valence-corrected chi connectivity index (χ0v) is 14.6. The van der Waals surface area contributed by atoms with Crippen molar-refractivity contribution in [1.29, 1.82) is 0 Å². The highest BCUT2D eigenvalue weighted by atomic mass is 79.9. The van der Waals surface area contributed by atoms with Gasteiger partial charge in [0.15, 0.2) is 5.16 Å². The molecule has 0 saturated carbocycles. The van der Waals surface area contributed by atoms with E-state index in [9.17, 15) is 0 Å². The van der Waals surface area contributed by atoms with Gasteiger partial charge in [-0.05, 0) is 37.7 Å². The minimum Gasteiger partial charge on any atom is -0.228 e. The van der Waals surface area contributed by atoms with Crippen molar-refractivity contribution in [2.45, 2.75) is 46.7 Å². The monoisotopic (exact) mass is 330 g/mol. The van der Waals surface area contributed by atoms with E-state index < -0.39 is 0 Å². The topological polar surface area (TPSA) is 25.8 Å². The number of aromatic nitrogens is 2. The van der Waals surface area contributed by atoms with E-state index in [1.807, 2.05) is 0 Å². The second-order valence-corrected chi connectivity index (χ2v) is 7.46. The summed E-state index contributed by atoms with van der Waals surface area (Å²) >= 11 is 5.38. The lowest BCUT2D eigenvalue weighted by atomic mass is 9.83. The molecule has 0 aliphatic carbocycles. The molecule has 1 aromatic heterocycles. The normalized spacial score (nSPS) is 13.7. The fourth-order valence-electron chi connectivity index (χ4n) is 1.51. The Labute approximate surface area is 124 Å². The standard InChI is InChI=1S/C14H23BrN2S/c1-9-10(2)16-13(17-11(9)3)18-8-12(7-15)14(4,5)6/h12H,7-8H2,1-6H3. The van der Waals surface area contributed by atoms with Crippen LogP contribution in [0.1, 0.15) is 37.7 Å². The first-order valence-corrected chi connectivity index (χ1v) is 8.37. The Kier molecular flexibility index (Phi) is 5.66. The SMILES string of the molecule is Cc1nc(SCC(CBr)C(C)(C)C)nc(C)c1C. The van der Waals surface area contributed by atoms with Crippen LogP contribution in [-0.4, -0.2) is 21.1 Å². The predicted molar refractivity (Wildman–Crippen MR) is 83.7 cm³/mol. The molecule has 0 saturated heterocycles. The Hall–Kier alpha value is -0.0900. The van der Waals surface area contributed by atoms with Crippen molar-refractivity contribution in [3.05, 3.63) is 17.0 Å². The number of hydrogen-bond acceptors (Lipinski definition) is 3. The van der Waals surface area contributed by atoms with E-state index in [0.717, 1.165) is 27.6 Å². The summed E-state index contributed by atoms with van der Waals surface area (Å²) < 4.78 is 0. The molecule has 18 heavy (non-hydrogen) atoms. The largest absolute Gasteiger partial charge is 0.228 e. The van der Waals surface area contributed by atoms with Gasteiger partial charge in [0.2, 0.25) is 0 Å². The second-order valence-electron chi connectivity index (χ2n) is 5.83. The molecule has 0 N–H and O–H groups in total. The molecule has 0 aromatic carbocycles. The molecule has 0 spiro atoms. The quantitative estimate of drug-likeness (QED) is 0.460. The lowest BCUT2D eigenvalue weighted by Crippen LogP contribution is -2.24. The molecule has 0 bridgehead atoms. The van der Waals surface area contributed by atoms with Crippen molar-refractivity contribution in [2.24, 2.45) is 11.3 Å². The van der Waals surface area contributed by atoms with Crippen molar-refractivity contribution in [3.8, 4) is 0 Å². The third kappa shape index (κ3) is 4.23. The fourth-order valence-corrected chi connectivity index (χ4v) is 4.38. The van der Waals surface area contributed by atoms with Gasteiger partial charge in [-0.1, -0.05) is 48.5 Å².